The molecule has 2 aromatic heterocycles. The van der Waals surface area contributed by atoms with Crippen LogP contribution in [0.1, 0.15) is 0 Å². The van der Waals surface area contributed by atoms with Gasteiger partial charge in [-0.3, -0.25) is 18.9 Å². The zero-order valence-corrected chi connectivity index (χ0v) is 17.7. The minimum Gasteiger partial charge on any atom is -0.457 e. The SMILES string of the molecule is O=C(OCCn1c(=O)[nH]c(=O)c2c1nc(N1CCNCC1)n2-c1ccccc1Cl)C(F)(F)F. The van der Waals surface area contributed by atoms with Crippen LogP contribution >= 0.6 is 11.6 Å². The molecule has 1 aliphatic heterocycles. The number of alkyl halides is 3. The Balaban J connectivity index is 1.86. The summed E-state index contributed by atoms with van der Waals surface area (Å²) in [6, 6.07) is 6.74. The topological polar surface area (TPSA) is 114 Å². The van der Waals surface area contributed by atoms with E-state index in [-0.39, 0.29) is 11.2 Å². The number of carbonyl (C=O) groups is 1. The number of imidazole rings is 1. The number of aromatic amines is 1. The highest BCUT2D eigenvalue weighted by molar-refractivity contribution is 6.32. The van der Waals surface area contributed by atoms with Gasteiger partial charge in [-0.25, -0.2) is 9.59 Å². The molecular formula is C19H18ClF3N6O4. The number of para-hydroxylation sites is 1. The molecule has 14 heteroatoms. The molecule has 3 heterocycles. The first-order chi connectivity index (χ1) is 15.7. The molecule has 176 valence electrons. The Morgan fingerprint density at radius 3 is 2.55 bits per heavy atom. The molecule has 0 amide bonds. The summed E-state index contributed by atoms with van der Waals surface area (Å²) in [5, 5.41) is 3.53. The third-order valence-electron chi connectivity index (χ3n) is 5.05. The predicted octanol–water partition coefficient (Wildman–Crippen LogP) is 1.04. The van der Waals surface area contributed by atoms with Crippen molar-refractivity contribution in [2.75, 3.05) is 37.7 Å². The molecule has 1 fully saturated rings. The van der Waals surface area contributed by atoms with Gasteiger partial charge in [-0.1, -0.05) is 23.7 Å². The molecule has 0 bridgehead atoms. The van der Waals surface area contributed by atoms with Crippen molar-refractivity contribution in [3.63, 3.8) is 0 Å². The van der Waals surface area contributed by atoms with Gasteiger partial charge in [0.2, 0.25) is 5.95 Å². The number of carbonyl (C=O) groups excluding carboxylic acids is 1. The average molecular weight is 487 g/mol. The number of hydrogen-bond donors (Lipinski definition) is 2. The van der Waals surface area contributed by atoms with Gasteiger partial charge in [-0.05, 0) is 12.1 Å². The molecule has 3 aromatic rings. The number of ether oxygens (including phenoxy) is 1. The van der Waals surface area contributed by atoms with E-state index in [0.717, 1.165) is 4.57 Å². The van der Waals surface area contributed by atoms with E-state index in [4.69, 9.17) is 11.6 Å². The van der Waals surface area contributed by atoms with Crippen LogP contribution in [0.2, 0.25) is 5.02 Å². The van der Waals surface area contributed by atoms with E-state index in [1.54, 1.807) is 24.3 Å². The normalized spacial score (nSPS) is 14.6. The molecular weight excluding hydrogens is 469 g/mol. The van der Waals surface area contributed by atoms with E-state index in [2.05, 4.69) is 20.0 Å². The Labute approximate surface area is 188 Å². The summed E-state index contributed by atoms with van der Waals surface area (Å²) in [6.07, 6.45) is -5.16. The molecule has 0 aliphatic carbocycles. The first kappa shape index (κ1) is 22.9. The minimum absolute atomic E-state index is 0.0154. The number of rotatable bonds is 5. The Morgan fingerprint density at radius 2 is 1.88 bits per heavy atom. The Morgan fingerprint density at radius 1 is 1.18 bits per heavy atom. The zero-order valence-electron chi connectivity index (χ0n) is 17.0. The van der Waals surface area contributed by atoms with Crippen molar-refractivity contribution in [1.82, 2.24) is 24.4 Å². The lowest BCUT2D eigenvalue weighted by atomic mass is 10.3. The van der Waals surface area contributed by atoms with Gasteiger partial charge in [0.1, 0.15) is 6.61 Å². The standard InChI is InChI=1S/C19H18ClF3N6O4/c20-11-3-1-2-4-12(11)29-13-14(25-17(29)27-7-5-24-6-8-27)28(18(32)26-15(13)30)9-10-33-16(31)19(21,22)23/h1-4,24H,5-10H2,(H,26,30,32). The summed E-state index contributed by atoms with van der Waals surface area (Å²) in [6.45, 7) is 1.22. The van der Waals surface area contributed by atoms with Crippen molar-refractivity contribution in [2.45, 2.75) is 12.7 Å². The van der Waals surface area contributed by atoms with Gasteiger partial charge in [0.25, 0.3) is 5.56 Å². The number of aromatic nitrogens is 4. The highest BCUT2D eigenvalue weighted by Crippen LogP contribution is 2.29. The Bertz CT molecular complexity index is 1310. The van der Waals surface area contributed by atoms with Crippen molar-refractivity contribution >= 4 is 34.7 Å². The molecule has 1 aromatic carbocycles. The maximum atomic E-state index is 12.8. The van der Waals surface area contributed by atoms with E-state index >= 15 is 0 Å². The maximum Gasteiger partial charge on any atom is 0.490 e. The van der Waals surface area contributed by atoms with E-state index in [0.29, 0.717) is 42.8 Å². The molecule has 0 spiro atoms. The fourth-order valence-corrected chi connectivity index (χ4v) is 3.79. The second kappa shape index (κ2) is 8.90. The first-order valence-corrected chi connectivity index (χ1v) is 10.3. The van der Waals surface area contributed by atoms with E-state index in [1.807, 2.05) is 4.90 Å². The second-order valence-corrected chi connectivity index (χ2v) is 7.56. The third-order valence-corrected chi connectivity index (χ3v) is 5.37. The minimum atomic E-state index is -5.16. The number of hydrogen-bond acceptors (Lipinski definition) is 7. The Kier molecular flexibility index (Phi) is 6.17. The van der Waals surface area contributed by atoms with Crippen LogP contribution in [0.5, 0.6) is 0 Å². The smallest absolute Gasteiger partial charge is 0.457 e. The molecule has 0 radical (unpaired) electrons. The predicted molar refractivity (Wildman–Crippen MR) is 113 cm³/mol. The van der Waals surface area contributed by atoms with Crippen LogP contribution in [-0.2, 0) is 16.1 Å². The van der Waals surface area contributed by atoms with Crippen LogP contribution in [-0.4, -0.2) is 64.0 Å². The summed E-state index contributed by atoms with van der Waals surface area (Å²) in [5.74, 6) is -2.03. The van der Waals surface area contributed by atoms with Gasteiger partial charge in [0, 0.05) is 26.2 Å². The fraction of sp³-hybridized carbons (Fsp3) is 0.368. The molecule has 2 N–H and O–H groups in total. The molecule has 33 heavy (non-hydrogen) atoms. The number of nitrogens with zero attached hydrogens (tertiary/aromatic N) is 4. The van der Waals surface area contributed by atoms with Crippen LogP contribution in [0.3, 0.4) is 0 Å². The number of halogens is 4. The lowest BCUT2D eigenvalue weighted by Gasteiger charge is -2.28. The summed E-state index contributed by atoms with van der Waals surface area (Å²) in [5.41, 5.74) is -1.29. The van der Waals surface area contributed by atoms with Gasteiger partial charge >= 0.3 is 17.8 Å². The number of anilines is 1. The number of fused-ring (bicyclic) bond motifs is 1. The molecule has 0 atom stereocenters. The van der Waals surface area contributed by atoms with E-state index in [9.17, 15) is 27.6 Å². The number of benzene rings is 1. The molecule has 0 unspecified atom stereocenters. The van der Waals surface area contributed by atoms with Crippen LogP contribution in [0.15, 0.2) is 33.9 Å². The third kappa shape index (κ3) is 4.46. The maximum absolute atomic E-state index is 12.8. The molecule has 10 nitrogen and oxygen atoms in total. The summed E-state index contributed by atoms with van der Waals surface area (Å²) >= 11 is 6.39. The van der Waals surface area contributed by atoms with Crippen molar-refractivity contribution in [3.05, 3.63) is 50.1 Å². The van der Waals surface area contributed by atoms with Gasteiger partial charge in [-0.2, -0.15) is 18.2 Å². The van der Waals surface area contributed by atoms with Gasteiger partial charge in [-0.15, -0.1) is 0 Å². The lowest BCUT2D eigenvalue weighted by molar-refractivity contribution is -0.199. The summed E-state index contributed by atoms with van der Waals surface area (Å²) < 4.78 is 43.9. The van der Waals surface area contributed by atoms with Crippen LogP contribution in [0.4, 0.5) is 19.1 Å². The van der Waals surface area contributed by atoms with Crippen molar-refractivity contribution in [1.29, 1.82) is 0 Å². The van der Waals surface area contributed by atoms with Crippen LogP contribution in [0, 0.1) is 0 Å². The van der Waals surface area contributed by atoms with Crippen molar-refractivity contribution in [3.8, 4) is 5.69 Å². The number of nitrogens with one attached hydrogen (secondary N) is 2. The zero-order chi connectivity index (χ0) is 23.8. The number of esters is 1. The fourth-order valence-electron chi connectivity index (χ4n) is 3.57. The lowest BCUT2D eigenvalue weighted by Crippen LogP contribution is -2.44. The van der Waals surface area contributed by atoms with Gasteiger partial charge < -0.3 is 15.0 Å². The van der Waals surface area contributed by atoms with Crippen LogP contribution in [0.25, 0.3) is 16.9 Å². The Hall–Kier alpha value is -3.32. The highest BCUT2D eigenvalue weighted by Gasteiger charge is 2.40. The van der Waals surface area contributed by atoms with E-state index < -0.39 is 36.5 Å². The molecule has 1 saturated heterocycles. The van der Waals surface area contributed by atoms with Gasteiger partial charge in [0.15, 0.2) is 11.2 Å². The summed E-state index contributed by atoms with van der Waals surface area (Å²) in [4.78, 5) is 44.9. The molecule has 1 aliphatic rings. The quantitative estimate of drug-likeness (QED) is 0.518. The van der Waals surface area contributed by atoms with E-state index in [1.165, 1.54) is 4.57 Å². The van der Waals surface area contributed by atoms with Crippen LogP contribution < -0.4 is 21.5 Å². The van der Waals surface area contributed by atoms with Crippen molar-refractivity contribution in [2.24, 2.45) is 0 Å². The highest BCUT2D eigenvalue weighted by atomic mass is 35.5. The first-order valence-electron chi connectivity index (χ1n) is 9.88. The summed E-state index contributed by atoms with van der Waals surface area (Å²) in [7, 11) is 0. The molecule has 0 saturated carbocycles. The van der Waals surface area contributed by atoms with Crippen molar-refractivity contribution < 1.29 is 22.7 Å². The monoisotopic (exact) mass is 486 g/mol. The second-order valence-electron chi connectivity index (χ2n) is 7.15. The number of H-pyrrole nitrogens is 1. The number of piperazine rings is 1. The largest absolute Gasteiger partial charge is 0.490 e. The molecule has 4 rings (SSSR count). The van der Waals surface area contributed by atoms with Gasteiger partial charge in [0.05, 0.1) is 17.3 Å². The average Bonchev–Trinajstić information content (AvgIpc) is 3.17.